The molecule has 0 radical (unpaired) electrons. The van der Waals surface area contributed by atoms with Crippen LogP contribution in [-0.4, -0.2) is 60.9 Å². The second kappa shape index (κ2) is 9.89. The van der Waals surface area contributed by atoms with E-state index in [9.17, 15) is 24.0 Å². The van der Waals surface area contributed by atoms with Crippen LogP contribution in [0.25, 0.3) is 0 Å². The summed E-state index contributed by atoms with van der Waals surface area (Å²) in [4.78, 5) is 57.0. The summed E-state index contributed by atoms with van der Waals surface area (Å²) in [5, 5.41) is 0. The lowest BCUT2D eigenvalue weighted by atomic mass is 9.98. The highest BCUT2D eigenvalue weighted by Crippen LogP contribution is 2.37. The van der Waals surface area contributed by atoms with E-state index >= 15 is 0 Å². The van der Waals surface area contributed by atoms with Gasteiger partial charge in [-0.2, -0.15) is 0 Å². The smallest absolute Gasteiger partial charge is 0.303 e. The van der Waals surface area contributed by atoms with E-state index in [-0.39, 0.29) is 13.0 Å². The van der Waals surface area contributed by atoms with Gasteiger partial charge in [0, 0.05) is 40.5 Å². The minimum absolute atomic E-state index is 0.0642. The van der Waals surface area contributed by atoms with Crippen molar-refractivity contribution in [3.63, 3.8) is 0 Å². The lowest BCUT2D eigenvalue weighted by molar-refractivity contribution is -0.180. The third-order valence-corrected chi connectivity index (χ3v) is 3.78. The van der Waals surface area contributed by atoms with E-state index in [4.69, 9.17) is 23.7 Å². The van der Waals surface area contributed by atoms with E-state index in [1.54, 1.807) is 0 Å². The first-order chi connectivity index (χ1) is 12.5. The van der Waals surface area contributed by atoms with Crippen LogP contribution in [0, 0.1) is 5.92 Å². The summed E-state index contributed by atoms with van der Waals surface area (Å²) in [5.41, 5.74) is 0. The summed E-state index contributed by atoms with van der Waals surface area (Å²) in [6.45, 7) is 5.56. The molecule has 10 heteroatoms. The Bertz CT molecular complexity index is 599. The molecule has 0 aromatic carbocycles. The van der Waals surface area contributed by atoms with Crippen molar-refractivity contribution in [3.8, 4) is 0 Å². The standard InChI is InChI=1S/C17H24O10/c1-8(18)23-7-15(25-10(3)20)13-6-14(24-9(2)19)17(27-12(5)22)16(13)26-11(4)21/h13-17H,6-7H2,1-5H3/t13-,14-,15+,16+,17+/m1/s1. The van der Waals surface area contributed by atoms with Gasteiger partial charge in [0.1, 0.15) is 24.9 Å². The predicted molar refractivity (Wildman–Crippen MR) is 87.0 cm³/mol. The van der Waals surface area contributed by atoms with Crippen LogP contribution in [0.4, 0.5) is 0 Å². The highest BCUT2D eigenvalue weighted by molar-refractivity contribution is 5.69. The van der Waals surface area contributed by atoms with Gasteiger partial charge in [-0.3, -0.25) is 24.0 Å². The van der Waals surface area contributed by atoms with Crippen molar-refractivity contribution in [3.05, 3.63) is 0 Å². The van der Waals surface area contributed by atoms with Gasteiger partial charge >= 0.3 is 29.8 Å². The van der Waals surface area contributed by atoms with Crippen LogP contribution in [0.3, 0.4) is 0 Å². The quantitative estimate of drug-likeness (QED) is 0.443. The molecule has 5 atom stereocenters. The summed E-state index contributed by atoms with van der Waals surface area (Å²) in [6, 6.07) is 0. The average Bonchev–Trinajstić information content (AvgIpc) is 2.79. The fourth-order valence-electron chi connectivity index (χ4n) is 3.02. The first-order valence-corrected chi connectivity index (χ1v) is 8.33. The number of carbonyl (C=O) groups excluding carboxylic acids is 5. The molecular weight excluding hydrogens is 364 g/mol. The molecule has 0 aromatic rings. The fourth-order valence-corrected chi connectivity index (χ4v) is 3.02. The largest absolute Gasteiger partial charge is 0.462 e. The monoisotopic (exact) mass is 388 g/mol. The third-order valence-electron chi connectivity index (χ3n) is 3.78. The van der Waals surface area contributed by atoms with Gasteiger partial charge in [0.25, 0.3) is 0 Å². The fraction of sp³-hybridized carbons (Fsp3) is 0.706. The van der Waals surface area contributed by atoms with E-state index in [1.165, 1.54) is 20.8 Å². The van der Waals surface area contributed by atoms with Crippen molar-refractivity contribution in [1.82, 2.24) is 0 Å². The summed E-state index contributed by atoms with van der Waals surface area (Å²) in [5.74, 6) is -3.93. The second-order valence-electron chi connectivity index (χ2n) is 6.15. The van der Waals surface area contributed by atoms with Gasteiger partial charge in [0.2, 0.25) is 0 Å². The zero-order valence-electron chi connectivity index (χ0n) is 15.9. The lowest BCUT2D eigenvalue weighted by Gasteiger charge is -2.29. The number of hydrogen-bond acceptors (Lipinski definition) is 10. The Morgan fingerprint density at radius 2 is 1.26 bits per heavy atom. The number of carbonyl (C=O) groups is 5. The molecule has 1 aliphatic rings. The molecule has 0 saturated heterocycles. The Labute approximate surface area is 156 Å². The van der Waals surface area contributed by atoms with Crippen LogP contribution >= 0.6 is 0 Å². The number of rotatable bonds is 7. The van der Waals surface area contributed by atoms with Gasteiger partial charge < -0.3 is 23.7 Å². The molecule has 1 saturated carbocycles. The molecule has 1 rings (SSSR count). The van der Waals surface area contributed by atoms with Gasteiger partial charge in [0.05, 0.1) is 0 Å². The molecule has 0 spiro atoms. The normalized spacial score (nSPS) is 25.1. The maximum Gasteiger partial charge on any atom is 0.303 e. The van der Waals surface area contributed by atoms with E-state index in [1.807, 2.05) is 0 Å². The Hall–Kier alpha value is -2.65. The molecule has 0 N–H and O–H groups in total. The van der Waals surface area contributed by atoms with E-state index in [0.29, 0.717) is 0 Å². The van der Waals surface area contributed by atoms with Crippen LogP contribution in [0.15, 0.2) is 0 Å². The van der Waals surface area contributed by atoms with Crippen LogP contribution in [0.5, 0.6) is 0 Å². The maximum absolute atomic E-state index is 11.6. The van der Waals surface area contributed by atoms with E-state index in [0.717, 1.165) is 13.8 Å². The molecular formula is C17H24O10. The van der Waals surface area contributed by atoms with Crippen LogP contribution in [-0.2, 0) is 47.7 Å². The highest BCUT2D eigenvalue weighted by atomic mass is 16.6. The van der Waals surface area contributed by atoms with Gasteiger partial charge in [-0.05, 0) is 6.42 Å². The lowest BCUT2D eigenvalue weighted by Crippen LogP contribution is -2.43. The van der Waals surface area contributed by atoms with Gasteiger partial charge in [0.15, 0.2) is 6.10 Å². The van der Waals surface area contributed by atoms with Crippen molar-refractivity contribution >= 4 is 29.8 Å². The molecule has 1 aliphatic carbocycles. The van der Waals surface area contributed by atoms with Crippen molar-refractivity contribution < 1.29 is 47.7 Å². The van der Waals surface area contributed by atoms with Crippen LogP contribution < -0.4 is 0 Å². The van der Waals surface area contributed by atoms with Gasteiger partial charge in [-0.15, -0.1) is 0 Å². The topological polar surface area (TPSA) is 132 Å². The Morgan fingerprint density at radius 3 is 1.70 bits per heavy atom. The summed E-state index contributed by atoms with van der Waals surface area (Å²) >= 11 is 0. The molecule has 0 bridgehead atoms. The molecule has 0 aliphatic heterocycles. The first kappa shape index (κ1) is 22.4. The zero-order valence-corrected chi connectivity index (χ0v) is 15.9. The minimum Gasteiger partial charge on any atom is -0.462 e. The number of esters is 5. The molecule has 152 valence electrons. The Kier molecular flexibility index (Phi) is 8.20. The van der Waals surface area contributed by atoms with Crippen molar-refractivity contribution in [2.24, 2.45) is 5.92 Å². The van der Waals surface area contributed by atoms with Crippen molar-refractivity contribution in [1.29, 1.82) is 0 Å². The molecule has 10 nitrogen and oxygen atoms in total. The van der Waals surface area contributed by atoms with Gasteiger partial charge in [-0.25, -0.2) is 0 Å². The predicted octanol–water partition coefficient (Wildman–Crippen LogP) is 0.296. The van der Waals surface area contributed by atoms with E-state index < -0.39 is 60.2 Å². The number of hydrogen-bond donors (Lipinski definition) is 0. The molecule has 0 amide bonds. The highest BCUT2D eigenvalue weighted by Gasteiger charge is 2.53. The maximum atomic E-state index is 11.6. The average molecular weight is 388 g/mol. The first-order valence-electron chi connectivity index (χ1n) is 8.33. The second-order valence-corrected chi connectivity index (χ2v) is 6.15. The summed E-state index contributed by atoms with van der Waals surface area (Å²) in [6.07, 6.45) is -3.99. The molecule has 0 unspecified atom stereocenters. The van der Waals surface area contributed by atoms with Crippen molar-refractivity contribution in [2.45, 2.75) is 65.5 Å². The molecule has 0 heterocycles. The molecule has 27 heavy (non-hydrogen) atoms. The minimum atomic E-state index is -1.09. The summed E-state index contributed by atoms with van der Waals surface area (Å²) < 4.78 is 25.8. The zero-order chi connectivity index (χ0) is 20.7. The Balaban J connectivity index is 3.20. The summed E-state index contributed by atoms with van der Waals surface area (Å²) in [7, 11) is 0. The third kappa shape index (κ3) is 7.24. The number of ether oxygens (including phenoxy) is 5. The molecule has 0 aromatic heterocycles. The van der Waals surface area contributed by atoms with Crippen LogP contribution in [0.2, 0.25) is 0 Å². The molecule has 1 fully saturated rings. The van der Waals surface area contributed by atoms with Crippen LogP contribution in [0.1, 0.15) is 41.0 Å². The van der Waals surface area contributed by atoms with E-state index in [2.05, 4.69) is 0 Å². The van der Waals surface area contributed by atoms with Crippen molar-refractivity contribution in [2.75, 3.05) is 6.61 Å². The Morgan fingerprint density at radius 1 is 0.741 bits per heavy atom. The van der Waals surface area contributed by atoms with Gasteiger partial charge in [-0.1, -0.05) is 0 Å². The SMILES string of the molecule is CC(=O)OC[C@H](OC(C)=O)[C@H]1C[C@@H](OC(C)=O)[C@H](OC(C)=O)[C@H]1OC(C)=O.